The van der Waals surface area contributed by atoms with Gasteiger partial charge in [-0.15, -0.1) is 0 Å². The zero-order chi connectivity index (χ0) is 10.9. The van der Waals surface area contributed by atoms with Crippen molar-refractivity contribution in [2.24, 2.45) is 0 Å². The third kappa shape index (κ3) is 5.36. The average molecular weight is 271 g/mol. The molecule has 0 fully saturated rings. The van der Waals surface area contributed by atoms with Crippen LogP contribution in [0.1, 0.15) is 26.2 Å². The number of unbranched alkanes of at least 4 members (excludes halogenated alkanes) is 1. The molecule has 2 heteroatoms. The molecule has 1 unspecified atom stereocenters. The van der Waals surface area contributed by atoms with Crippen molar-refractivity contribution in [2.75, 3.05) is 13.7 Å². The fourth-order valence-electron chi connectivity index (χ4n) is 1.49. The quantitative estimate of drug-likeness (QED) is 0.693. The van der Waals surface area contributed by atoms with Crippen LogP contribution in [0.25, 0.3) is 0 Å². The monoisotopic (exact) mass is 272 g/mol. The summed E-state index contributed by atoms with van der Waals surface area (Å²) in [4.78, 5) is 0.741. The molecular formula is C13H20OSe. The molecule has 0 aliphatic rings. The van der Waals surface area contributed by atoms with Gasteiger partial charge in [-0.05, 0) is 0 Å². The molecule has 84 valence electrons. The summed E-state index contributed by atoms with van der Waals surface area (Å²) >= 11 is 0.562. The topological polar surface area (TPSA) is 9.23 Å². The van der Waals surface area contributed by atoms with Crippen molar-refractivity contribution in [3.8, 4) is 0 Å². The van der Waals surface area contributed by atoms with Crippen molar-refractivity contribution >= 4 is 19.4 Å². The van der Waals surface area contributed by atoms with Crippen LogP contribution in [0, 0.1) is 0 Å². The van der Waals surface area contributed by atoms with Gasteiger partial charge in [0.15, 0.2) is 0 Å². The summed E-state index contributed by atoms with van der Waals surface area (Å²) in [5, 5.41) is 0. The van der Waals surface area contributed by atoms with E-state index in [1.165, 1.54) is 23.7 Å². The summed E-state index contributed by atoms with van der Waals surface area (Å²) in [7, 11) is 1.81. The molecule has 0 N–H and O–H groups in total. The average Bonchev–Trinajstić information content (AvgIpc) is 2.28. The van der Waals surface area contributed by atoms with Gasteiger partial charge in [0.05, 0.1) is 0 Å². The maximum atomic E-state index is 5.29. The summed E-state index contributed by atoms with van der Waals surface area (Å²) in [6.07, 6.45) is 3.91. The molecule has 0 aliphatic carbocycles. The Morgan fingerprint density at radius 3 is 2.60 bits per heavy atom. The molecule has 1 rings (SSSR count). The van der Waals surface area contributed by atoms with Crippen LogP contribution in [0.5, 0.6) is 0 Å². The summed E-state index contributed by atoms with van der Waals surface area (Å²) in [6.45, 7) is 3.16. The van der Waals surface area contributed by atoms with Crippen LogP contribution in [-0.2, 0) is 4.74 Å². The molecule has 1 atom stereocenters. The van der Waals surface area contributed by atoms with Gasteiger partial charge in [-0.1, -0.05) is 0 Å². The Hall–Kier alpha value is -0.301. The summed E-state index contributed by atoms with van der Waals surface area (Å²) in [5.41, 5.74) is 0. The Kier molecular flexibility index (Phi) is 6.74. The van der Waals surface area contributed by atoms with Gasteiger partial charge < -0.3 is 0 Å². The minimum atomic E-state index is 0.562. The van der Waals surface area contributed by atoms with Gasteiger partial charge in [0.2, 0.25) is 0 Å². The molecule has 0 heterocycles. The molecule has 0 saturated heterocycles. The summed E-state index contributed by atoms with van der Waals surface area (Å²) in [5.74, 6) is 0. The van der Waals surface area contributed by atoms with E-state index in [9.17, 15) is 0 Å². The van der Waals surface area contributed by atoms with Crippen molar-refractivity contribution < 1.29 is 4.74 Å². The zero-order valence-corrected chi connectivity index (χ0v) is 11.3. The van der Waals surface area contributed by atoms with Gasteiger partial charge in [0, 0.05) is 0 Å². The second kappa shape index (κ2) is 7.92. The van der Waals surface area contributed by atoms with E-state index in [4.69, 9.17) is 4.74 Å². The van der Waals surface area contributed by atoms with Crippen LogP contribution in [0.4, 0.5) is 0 Å². The van der Waals surface area contributed by atoms with Gasteiger partial charge in [-0.2, -0.15) is 0 Å². The Morgan fingerprint density at radius 1 is 1.27 bits per heavy atom. The van der Waals surface area contributed by atoms with E-state index in [1.807, 2.05) is 0 Å². The van der Waals surface area contributed by atoms with Gasteiger partial charge in [-0.3, -0.25) is 0 Å². The Morgan fingerprint density at radius 2 is 2.00 bits per heavy atom. The zero-order valence-electron chi connectivity index (χ0n) is 9.61. The molecule has 0 bridgehead atoms. The van der Waals surface area contributed by atoms with E-state index < -0.39 is 0 Å². The predicted molar refractivity (Wildman–Crippen MR) is 67.0 cm³/mol. The molecule has 1 aromatic carbocycles. The molecule has 0 spiro atoms. The Balaban J connectivity index is 2.43. The maximum absolute atomic E-state index is 5.29. The fourth-order valence-corrected chi connectivity index (χ4v) is 3.98. The van der Waals surface area contributed by atoms with Gasteiger partial charge >= 0.3 is 99.2 Å². The SMILES string of the molecule is CCCCC(COC)[Se]c1ccccc1. The predicted octanol–water partition coefficient (Wildman–Crippen LogP) is 2.64. The van der Waals surface area contributed by atoms with Crippen LogP contribution in [0.2, 0.25) is 4.82 Å². The Bertz CT molecular complexity index is 248. The first-order chi connectivity index (χ1) is 7.36. The molecule has 1 nitrogen and oxygen atoms in total. The van der Waals surface area contributed by atoms with E-state index >= 15 is 0 Å². The second-order valence-corrected chi connectivity index (χ2v) is 6.53. The summed E-state index contributed by atoms with van der Waals surface area (Å²) in [6, 6.07) is 10.8. The standard InChI is InChI=1S/C13H20OSe/c1-3-4-8-13(11-14-2)15-12-9-6-5-7-10-12/h5-7,9-10,13H,3-4,8,11H2,1-2H3. The number of hydrogen-bond acceptors (Lipinski definition) is 1. The third-order valence-corrected chi connectivity index (χ3v) is 4.90. The number of methoxy groups -OCH3 is 1. The minimum absolute atomic E-state index is 0.562. The Labute approximate surface area is 99.4 Å². The van der Waals surface area contributed by atoms with Crippen LogP contribution >= 0.6 is 0 Å². The molecule has 0 aliphatic heterocycles. The van der Waals surface area contributed by atoms with Gasteiger partial charge in [0.25, 0.3) is 0 Å². The van der Waals surface area contributed by atoms with E-state index in [0.717, 1.165) is 11.4 Å². The van der Waals surface area contributed by atoms with Gasteiger partial charge in [0.1, 0.15) is 0 Å². The van der Waals surface area contributed by atoms with Crippen molar-refractivity contribution in [3.05, 3.63) is 30.3 Å². The normalized spacial score (nSPS) is 12.7. The summed E-state index contributed by atoms with van der Waals surface area (Å²) < 4.78 is 6.78. The first-order valence-electron chi connectivity index (χ1n) is 5.57. The van der Waals surface area contributed by atoms with Crippen LogP contribution in [0.15, 0.2) is 30.3 Å². The van der Waals surface area contributed by atoms with Crippen LogP contribution in [0.3, 0.4) is 0 Å². The van der Waals surface area contributed by atoms with Crippen LogP contribution in [-0.4, -0.2) is 28.7 Å². The number of hydrogen-bond donors (Lipinski definition) is 0. The number of benzene rings is 1. The van der Waals surface area contributed by atoms with E-state index in [2.05, 4.69) is 37.3 Å². The first kappa shape index (κ1) is 12.8. The molecule has 0 saturated carbocycles. The fraction of sp³-hybridized carbons (Fsp3) is 0.538. The van der Waals surface area contributed by atoms with E-state index in [1.54, 1.807) is 7.11 Å². The van der Waals surface area contributed by atoms with Crippen molar-refractivity contribution in [2.45, 2.75) is 31.0 Å². The third-order valence-electron chi connectivity index (χ3n) is 2.28. The second-order valence-electron chi connectivity index (χ2n) is 3.65. The molecular weight excluding hydrogens is 251 g/mol. The van der Waals surface area contributed by atoms with E-state index in [0.29, 0.717) is 15.0 Å². The van der Waals surface area contributed by atoms with E-state index in [-0.39, 0.29) is 0 Å². The van der Waals surface area contributed by atoms with Crippen molar-refractivity contribution in [1.82, 2.24) is 0 Å². The van der Waals surface area contributed by atoms with Crippen molar-refractivity contribution in [1.29, 1.82) is 0 Å². The molecule has 0 aromatic heterocycles. The number of ether oxygens (including phenoxy) is 1. The molecule has 0 radical (unpaired) electrons. The molecule has 15 heavy (non-hydrogen) atoms. The molecule has 1 aromatic rings. The van der Waals surface area contributed by atoms with Gasteiger partial charge in [-0.25, -0.2) is 0 Å². The van der Waals surface area contributed by atoms with Crippen molar-refractivity contribution in [3.63, 3.8) is 0 Å². The number of rotatable bonds is 7. The molecule has 0 amide bonds. The van der Waals surface area contributed by atoms with Crippen LogP contribution < -0.4 is 4.46 Å². The first-order valence-corrected chi connectivity index (χ1v) is 7.42.